The number of carbonyl (C=O) groups is 2. The van der Waals surface area contributed by atoms with Crippen molar-refractivity contribution in [3.05, 3.63) is 18.2 Å². The summed E-state index contributed by atoms with van der Waals surface area (Å²) in [6.07, 6.45) is 3.58. The van der Waals surface area contributed by atoms with Crippen molar-refractivity contribution in [1.82, 2.24) is 14.5 Å². The first kappa shape index (κ1) is 12.2. The van der Waals surface area contributed by atoms with Crippen LogP contribution < -0.4 is 0 Å². The SMILES string of the molecule is CN(CCCC(=O)O)C(=O)c1cncn1C. The maximum absolute atomic E-state index is 11.8. The van der Waals surface area contributed by atoms with Gasteiger partial charge in [-0.1, -0.05) is 0 Å². The van der Waals surface area contributed by atoms with Gasteiger partial charge in [-0.25, -0.2) is 4.98 Å². The summed E-state index contributed by atoms with van der Waals surface area (Å²) in [7, 11) is 3.39. The number of rotatable bonds is 5. The maximum Gasteiger partial charge on any atom is 0.303 e. The van der Waals surface area contributed by atoms with E-state index < -0.39 is 5.97 Å². The number of aromatic nitrogens is 2. The number of hydrogen-bond donors (Lipinski definition) is 1. The highest BCUT2D eigenvalue weighted by Gasteiger charge is 2.14. The van der Waals surface area contributed by atoms with Gasteiger partial charge in [-0.2, -0.15) is 0 Å². The monoisotopic (exact) mass is 225 g/mol. The molecule has 0 spiro atoms. The molecule has 1 aromatic rings. The molecule has 6 nitrogen and oxygen atoms in total. The lowest BCUT2D eigenvalue weighted by molar-refractivity contribution is -0.137. The van der Waals surface area contributed by atoms with E-state index in [0.717, 1.165) is 0 Å². The van der Waals surface area contributed by atoms with E-state index in [-0.39, 0.29) is 12.3 Å². The Morgan fingerprint density at radius 3 is 2.75 bits per heavy atom. The number of carboxylic acids is 1. The maximum atomic E-state index is 11.8. The summed E-state index contributed by atoms with van der Waals surface area (Å²) in [5.74, 6) is -0.994. The lowest BCUT2D eigenvalue weighted by Gasteiger charge is -2.16. The number of aliphatic carboxylic acids is 1. The molecule has 88 valence electrons. The van der Waals surface area contributed by atoms with Gasteiger partial charge in [-0.15, -0.1) is 0 Å². The first-order valence-corrected chi connectivity index (χ1v) is 4.96. The van der Waals surface area contributed by atoms with Gasteiger partial charge in [0.25, 0.3) is 5.91 Å². The molecule has 0 saturated carbocycles. The summed E-state index contributed by atoms with van der Waals surface area (Å²) in [5.41, 5.74) is 0.498. The van der Waals surface area contributed by atoms with Gasteiger partial charge in [0.15, 0.2) is 0 Å². The van der Waals surface area contributed by atoms with Gasteiger partial charge >= 0.3 is 5.97 Å². The molecule has 0 atom stereocenters. The van der Waals surface area contributed by atoms with E-state index in [0.29, 0.717) is 18.7 Å². The van der Waals surface area contributed by atoms with Crippen molar-refractivity contribution in [3.63, 3.8) is 0 Å². The first-order chi connectivity index (χ1) is 7.52. The van der Waals surface area contributed by atoms with E-state index in [9.17, 15) is 9.59 Å². The van der Waals surface area contributed by atoms with Crippen molar-refractivity contribution in [3.8, 4) is 0 Å². The van der Waals surface area contributed by atoms with Crippen molar-refractivity contribution in [2.75, 3.05) is 13.6 Å². The van der Waals surface area contributed by atoms with Crippen LogP contribution in [-0.4, -0.2) is 45.0 Å². The van der Waals surface area contributed by atoms with Gasteiger partial charge in [0.2, 0.25) is 0 Å². The molecular formula is C10H15N3O3. The van der Waals surface area contributed by atoms with Crippen molar-refractivity contribution < 1.29 is 14.7 Å². The van der Waals surface area contributed by atoms with Gasteiger partial charge in [-0.3, -0.25) is 9.59 Å². The van der Waals surface area contributed by atoms with Gasteiger partial charge in [0, 0.05) is 27.1 Å². The molecule has 0 aliphatic heterocycles. The zero-order chi connectivity index (χ0) is 12.1. The minimum absolute atomic E-state index is 0.0724. The molecule has 0 aromatic carbocycles. The fraction of sp³-hybridized carbons (Fsp3) is 0.500. The quantitative estimate of drug-likeness (QED) is 0.784. The predicted octanol–water partition coefficient (Wildman–Crippen LogP) is 0.357. The number of aryl methyl sites for hydroxylation is 1. The average molecular weight is 225 g/mol. The van der Waals surface area contributed by atoms with E-state index in [1.54, 1.807) is 25.0 Å². The Morgan fingerprint density at radius 1 is 1.56 bits per heavy atom. The third-order valence-electron chi connectivity index (χ3n) is 2.27. The van der Waals surface area contributed by atoms with Crippen molar-refractivity contribution >= 4 is 11.9 Å². The zero-order valence-electron chi connectivity index (χ0n) is 9.38. The average Bonchev–Trinajstić information content (AvgIpc) is 2.62. The van der Waals surface area contributed by atoms with Crippen LogP contribution in [0.3, 0.4) is 0 Å². The summed E-state index contributed by atoms with van der Waals surface area (Å²) in [6.45, 7) is 0.427. The number of carboxylic acid groups (broad SMARTS) is 1. The number of amides is 1. The zero-order valence-corrected chi connectivity index (χ0v) is 9.38. The van der Waals surface area contributed by atoms with Crippen LogP contribution in [0.15, 0.2) is 12.5 Å². The third kappa shape index (κ3) is 3.08. The van der Waals surface area contributed by atoms with Gasteiger partial charge in [0.1, 0.15) is 5.69 Å². The Morgan fingerprint density at radius 2 is 2.25 bits per heavy atom. The molecule has 1 heterocycles. The van der Waals surface area contributed by atoms with E-state index >= 15 is 0 Å². The highest BCUT2D eigenvalue weighted by molar-refractivity contribution is 5.92. The number of hydrogen-bond acceptors (Lipinski definition) is 3. The van der Waals surface area contributed by atoms with Crippen LogP contribution in [-0.2, 0) is 11.8 Å². The summed E-state index contributed by atoms with van der Waals surface area (Å²) < 4.78 is 1.63. The predicted molar refractivity (Wildman–Crippen MR) is 57.0 cm³/mol. The smallest absolute Gasteiger partial charge is 0.303 e. The molecule has 1 aromatic heterocycles. The second-order valence-electron chi connectivity index (χ2n) is 3.61. The fourth-order valence-electron chi connectivity index (χ4n) is 1.33. The molecule has 16 heavy (non-hydrogen) atoms. The number of carbonyl (C=O) groups excluding carboxylic acids is 1. The number of imidazole rings is 1. The lowest BCUT2D eigenvalue weighted by Crippen LogP contribution is -2.29. The van der Waals surface area contributed by atoms with Gasteiger partial charge in [0.05, 0.1) is 12.5 Å². The second-order valence-corrected chi connectivity index (χ2v) is 3.61. The van der Waals surface area contributed by atoms with E-state index in [1.807, 2.05) is 0 Å². The molecule has 1 rings (SSSR count). The summed E-state index contributed by atoms with van der Waals surface area (Å²) in [4.78, 5) is 27.5. The van der Waals surface area contributed by atoms with Crippen molar-refractivity contribution in [2.24, 2.45) is 7.05 Å². The molecule has 0 saturated heterocycles. The van der Waals surface area contributed by atoms with Crippen LogP contribution in [0.1, 0.15) is 23.3 Å². The van der Waals surface area contributed by atoms with Crippen LogP contribution in [0.25, 0.3) is 0 Å². The largest absolute Gasteiger partial charge is 0.481 e. The molecule has 0 bridgehead atoms. The first-order valence-electron chi connectivity index (χ1n) is 4.96. The van der Waals surface area contributed by atoms with Crippen LogP contribution in [0, 0.1) is 0 Å². The number of nitrogens with zero attached hydrogens (tertiary/aromatic N) is 3. The minimum atomic E-state index is -0.846. The van der Waals surface area contributed by atoms with E-state index in [2.05, 4.69) is 4.98 Å². The Bertz CT molecular complexity index is 386. The van der Waals surface area contributed by atoms with E-state index in [1.165, 1.54) is 11.1 Å². The minimum Gasteiger partial charge on any atom is -0.481 e. The standard InChI is InChI=1S/C10H15N3O3/c1-12(5-3-4-9(14)15)10(16)8-6-11-7-13(8)2/h6-7H,3-5H2,1-2H3,(H,14,15). The van der Waals surface area contributed by atoms with Crippen LogP contribution >= 0.6 is 0 Å². The summed E-state index contributed by atoms with van der Waals surface area (Å²) in [5, 5.41) is 8.48. The fourth-order valence-corrected chi connectivity index (χ4v) is 1.33. The van der Waals surface area contributed by atoms with Crippen molar-refractivity contribution in [1.29, 1.82) is 0 Å². The van der Waals surface area contributed by atoms with Crippen LogP contribution in [0.5, 0.6) is 0 Å². The molecule has 0 aliphatic carbocycles. The lowest BCUT2D eigenvalue weighted by atomic mass is 10.3. The molecule has 1 amide bonds. The highest BCUT2D eigenvalue weighted by Crippen LogP contribution is 2.03. The summed E-state index contributed by atoms with van der Waals surface area (Å²) >= 11 is 0. The molecule has 6 heteroatoms. The molecule has 0 radical (unpaired) electrons. The highest BCUT2D eigenvalue weighted by atomic mass is 16.4. The Labute approximate surface area is 93.5 Å². The summed E-state index contributed by atoms with van der Waals surface area (Å²) in [6, 6.07) is 0. The van der Waals surface area contributed by atoms with Gasteiger partial charge in [-0.05, 0) is 6.42 Å². The Kier molecular flexibility index (Phi) is 4.04. The van der Waals surface area contributed by atoms with Crippen LogP contribution in [0.2, 0.25) is 0 Å². The Hall–Kier alpha value is -1.85. The topological polar surface area (TPSA) is 75.4 Å². The third-order valence-corrected chi connectivity index (χ3v) is 2.27. The molecular weight excluding hydrogens is 210 g/mol. The molecule has 0 unspecified atom stereocenters. The van der Waals surface area contributed by atoms with Crippen LogP contribution in [0.4, 0.5) is 0 Å². The second kappa shape index (κ2) is 5.29. The molecule has 1 N–H and O–H groups in total. The molecule has 0 aliphatic rings. The molecule has 0 fully saturated rings. The van der Waals surface area contributed by atoms with Crippen molar-refractivity contribution in [2.45, 2.75) is 12.8 Å². The van der Waals surface area contributed by atoms with E-state index in [4.69, 9.17) is 5.11 Å². The van der Waals surface area contributed by atoms with Gasteiger partial charge < -0.3 is 14.6 Å². The Balaban J connectivity index is 2.49. The normalized spacial score (nSPS) is 10.1.